The molecule has 1 aliphatic rings. The van der Waals surface area contributed by atoms with E-state index < -0.39 is 10.2 Å². The van der Waals surface area contributed by atoms with Crippen LogP contribution in [0.2, 0.25) is 0 Å². The lowest BCUT2D eigenvalue weighted by Gasteiger charge is -2.20. The van der Waals surface area contributed by atoms with Crippen LogP contribution >= 0.6 is 0 Å². The van der Waals surface area contributed by atoms with Gasteiger partial charge in [-0.1, -0.05) is 0 Å². The van der Waals surface area contributed by atoms with E-state index in [-0.39, 0.29) is 12.0 Å². The van der Waals surface area contributed by atoms with Gasteiger partial charge in [-0.25, -0.2) is 4.98 Å². The van der Waals surface area contributed by atoms with Gasteiger partial charge in [0, 0.05) is 45.6 Å². The molecule has 1 atom stereocenters. The topological polar surface area (TPSA) is 84.2 Å². The zero-order valence-electron chi connectivity index (χ0n) is 15.7. The molecule has 0 spiro atoms. The summed E-state index contributed by atoms with van der Waals surface area (Å²) < 4.78 is 29.2. The van der Waals surface area contributed by atoms with E-state index in [9.17, 15) is 8.42 Å². The monoisotopic (exact) mass is 378 g/mol. The molecular weight excluding hydrogens is 352 g/mol. The molecular formula is C17H26N6O2S. The van der Waals surface area contributed by atoms with Crippen molar-refractivity contribution < 1.29 is 8.42 Å². The highest BCUT2D eigenvalue weighted by molar-refractivity contribution is 7.86. The summed E-state index contributed by atoms with van der Waals surface area (Å²) in [6.45, 7) is 5.23. The zero-order chi connectivity index (χ0) is 18.9. The highest BCUT2D eigenvalue weighted by Crippen LogP contribution is 2.25. The number of hydrogen-bond acceptors (Lipinski definition) is 5. The summed E-state index contributed by atoms with van der Waals surface area (Å²) in [5.41, 5.74) is 2.62. The second-order valence-corrected chi connectivity index (χ2v) is 9.30. The van der Waals surface area contributed by atoms with E-state index in [0.717, 1.165) is 29.9 Å². The van der Waals surface area contributed by atoms with Gasteiger partial charge in [-0.15, -0.1) is 0 Å². The Morgan fingerprint density at radius 1 is 1.31 bits per heavy atom. The van der Waals surface area contributed by atoms with E-state index in [1.165, 1.54) is 4.31 Å². The molecule has 0 amide bonds. The van der Waals surface area contributed by atoms with Gasteiger partial charge in [0.15, 0.2) is 0 Å². The van der Waals surface area contributed by atoms with Crippen LogP contribution in [-0.4, -0.2) is 64.0 Å². The van der Waals surface area contributed by atoms with Crippen LogP contribution in [0.25, 0.3) is 11.4 Å². The van der Waals surface area contributed by atoms with E-state index in [1.807, 2.05) is 10.7 Å². The Hall–Kier alpha value is -1.84. The van der Waals surface area contributed by atoms with Gasteiger partial charge >= 0.3 is 0 Å². The van der Waals surface area contributed by atoms with Gasteiger partial charge in [0.25, 0.3) is 10.2 Å². The van der Waals surface area contributed by atoms with Crippen molar-refractivity contribution in [3.05, 3.63) is 30.4 Å². The minimum atomic E-state index is -3.34. The largest absolute Gasteiger partial charge is 0.281 e. The first kappa shape index (κ1) is 18.9. The van der Waals surface area contributed by atoms with E-state index >= 15 is 0 Å². The fourth-order valence-electron chi connectivity index (χ4n) is 3.26. The SMILES string of the molecule is CC(C)n1nccc1-c1cncc(C[C@@H]2CCN(S(=O)(=O)N(C)C)C2)n1. The summed E-state index contributed by atoms with van der Waals surface area (Å²) in [7, 11) is -0.212. The van der Waals surface area contributed by atoms with Crippen LogP contribution in [0.3, 0.4) is 0 Å². The third-order valence-electron chi connectivity index (χ3n) is 4.64. The van der Waals surface area contributed by atoms with Crippen molar-refractivity contribution in [3.63, 3.8) is 0 Å². The summed E-state index contributed by atoms with van der Waals surface area (Å²) >= 11 is 0. The van der Waals surface area contributed by atoms with Crippen molar-refractivity contribution in [1.82, 2.24) is 28.4 Å². The molecule has 3 heterocycles. The highest BCUT2D eigenvalue weighted by Gasteiger charge is 2.32. The van der Waals surface area contributed by atoms with Crippen LogP contribution in [0, 0.1) is 5.92 Å². The smallest absolute Gasteiger partial charge is 0.261 e. The molecule has 1 aliphatic heterocycles. The predicted octanol–water partition coefficient (Wildman–Crippen LogP) is 1.59. The number of aromatic nitrogens is 4. The van der Waals surface area contributed by atoms with Crippen LogP contribution in [0.15, 0.2) is 24.7 Å². The van der Waals surface area contributed by atoms with Gasteiger partial charge in [0.2, 0.25) is 0 Å². The summed E-state index contributed by atoms with van der Waals surface area (Å²) in [4.78, 5) is 9.08. The molecule has 2 aromatic rings. The van der Waals surface area contributed by atoms with E-state index in [0.29, 0.717) is 13.1 Å². The van der Waals surface area contributed by atoms with Crippen LogP contribution in [0.1, 0.15) is 32.0 Å². The molecule has 8 nitrogen and oxygen atoms in total. The zero-order valence-corrected chi connectivity index (χ0v) is 16.5. The lowest BCUT2D eigenvalue weighted by molar-refractivity contribution is 0.409. The molecule has 9 heteroatoms. The first-order valence-electron chi connectivity index (χ1n) is 8.81. The Balaban J connectivity index is 1.73. The molecule has 3 rings (SSSR count). The minimum absolute atomic E-state index is 0.241. The Morgan fingerprint density at radius 2 is 2.08 bits per heavy atom. The van der Waals surface area contributed by atoms with Gasteiger partial charge in [0.05, 0.1) is 17.6 Å². The molecule has 0 bridgehead atoms. The number of rotatable bonds is 6. The Kier molecular flexibility index (Phi) is 5.40. The first-order chi connectivity index (χ1) is 12.3. The lowest BCUT2D eigenvalue weighted by atomic mass is 10.0. The Morgan fingerprint density at radius 3 is 2.77 bits per heavy atom. The molecule has 142 valence electrons. The first-order valence-corrected chi connectivity index (χ1v) is 10.2. The molecule has 0 unspecified atom stereocenters. The van der Waals surface area contributed by atoms with Crippen LogP contribution < -0.4 is 0 Å². The Bertz CT molecular complexity index is 862. The minimum Gasteiger partial charge on any atom is -0.261 e. The molecule has 1 saturated heterocycles. The molecule has 0 radical (unpaired) electrons. The van der Waals surface area contributed by atoms with Crippen LogP contribution in [0.4, 0.5) is 0 Å². The second kappa shape index (κ2) is 7.42. The maximum atomic E-state index is 12.3. The van der Waals surface area contributed by atoms with Crippen molar-refractivity contribution in [1.29, 1.82) is 0 Å². The molecule has 26 heavy (non-hydrogen) atoms. The van der Waals surface area contributed by atoms with Gasteiger partial charge < -0.3 is 0 Å². The van der Waals surface area contributed by atoms with Gasteiger partial charge in [-0.3, -0.25) is 9.67 Å². The molecule has 0 aromatic carbocycles. The van der Waals surface area contributed by atoms with Crippen molar-refractivity contribution in [2.24, 2.45) is 5.92 Å². The van der Waals surface area contributed by atoms with Gasteiger partial charge in [-0.2, -0.15) is 22.1 Å². The molecule has 0 aliphatic carbocycles. The van der Waals surface area contributed by atoms with Crippen molar-refractivity contribution in [2.75, 3.05) is 27.2 Å². The van der Waals surface area contributed by atoms with Crippen molar-refractivity contribution in [2.45, 2.75) is 32.7 Å². The maximum absolute atomic E-state index is 12.3. The van der Waals surface area contributed by atoms with E-state index in [1.54, 1.807) is 37.0 Å². The molecule has 1 fully saturated rings. The third-order valence-corrected chi connectivity index (χ3v) is 6.55. The molecule has 0 saturated carbocycles. The third kappa shape index (κ3) is 3.79. The number of hydrogen-bond donors (Lipinski definition) is 0. The Labute approximate surface area is 155 Å². The van der Waals surface area contributed by atoms with E-state index in [2.05, 4.69) is 23.9 Å². The van der Waals surface area contributed by atoms with Crippen LogP contribution in [-0.2, 0) is 16.6 Å². The van der Waals surface area contributed by atoms with Crippen LogP contribution in [0.5, 0.6) is 0 Å². The summed E-state index contributed by atoms with van der Waals surface area (Å²) in [5.74, 6) is 0.254. The van der Waals surface area contributed by atoms with Crippen molar-refractivity contribution >= 4 is 10.2 Å². The molecule has 0 N–H and O–H groups in total. The quantitative estimate of drug-likeness (QED) is 0.762. The van der Waals surface area contributed by atoms with E-state index in [4.69, 9.17) is 4.98 Å². The number of nitrogens with zero attached hydrogens (tertiary/aromatic N) is 6. The summed E-state index contributed by atoms with van der Waals surface area (Å²) in [5, 5.41) is 4.35. The lowest BCUT2D eigenvalue weighted by Crippen LogP contribution is -2.38. The predicted molar refractivity (Wildman–Crippen MR) is 99.6 cm³/mol. The molecule has 2 aromatic heterocycles. The van der Waals surface area contributed by atoms with Gasteiger partial charge in [-0.05, 0) is 38.7 Å². The van der Waals surface area contributed by atoms with Crippen molar-refractivity contribution in [3.8, 4) is 11.4 Å². The summed E-state index contributed by atoms with van der Waals surface area (Å²) in [6, 6.07) is 2.18. The second-order valence-electron chi connectivity index (χ2n) is 7.16. The summed E-state index contributed by atoms with van der Waals surface area (Å²) in [6.07, 6.45) is 6.84. The fourth-order valence-corrected chi connectivity index (χ4v) is 4.45. The normalized spacial score (nSPS) is 18.9. The average Bonchev–Trinajstić information content (AvgIpc) is 3.24. The highest BCUT2D eigenvalue weighted by atomic mass is 32.2. The standard InChI is InChI=1S/C17H26N6O2S/c1-13(2)23-17(5-7-19-23)16-11-18-10-15(20-16)9-14-6-8-22(12-14)26(24,25)21(3)4/h5,7,10-11,13-14H,6,8-9,12H2,1-4H3/t14-/m0/s1. The average molecular weight is 379 g/mol. The maximum Gasteiger partial charge on any atom is 0.281 e. The fraction of sp³-hybridized carbons (Fsp3) is 0.588. The van der Waals surface area contributed by atoms with Gasteiger partial charge in [0.1, 0.15) is 5.69 Å².